The number of carbonyl (C=O) groups is 4. The van der Waals surface area contributed by atoms with E-state index in [4.69, 9.17) is 0 Å². The summed E-state index contributed by atoms with van der Waals surface area (Å²) in [7, 11) is 0. The Balaban J connectivity index is 1.78. The van der Waals surface area contributed by atoms with Crippen molar-refractivity contribution in [2.45, 2.75) is 12.8 Å². The molecule has 0 aromatic heterocycles. The highest BCUT2D eigenvalue weighted by Gasteiger charge is 2.41. The fourth-order valence-electron chi connectivity index (χ4n) is 2.65. The van der Waals surface area contributed by atoms with Gasteiger partial charge in [0.15, 0.2) is 0 Å². The zero-order valence-electron chi connectivity index (χ0n) is 13.4. The molecule has 1 aliphatic heterocycles. The number of benzene rings is 2. The molecule has 5 amide bonds. The molecule has 1 fully saturated rings. The fraction of sp³-hybridized carbons (Fsp3) is 0.158. The Bertz CT molecular complexity index is 818. The van der Waals surface area contributed by atoms with E-state index in [-0.39, 0.29) is 12.1 Å². The highest BCUT2D eigenvalue weighted by molar-refractivity contribution is 6.24. The highest BCUT2D eigenvalue weighted by atomic mass is 16.2. The number of imide groups is 4. The van der Waals surface area contributed by atoms with E-state index in [2.05, 4.69) is 0 Å². The van der Waals surface area contributed by atoms with Gasteiger partial charge >= 0.3 is 6.03 Å². The average Bonchev–Trinajstić information content (AvgIpc) is 2.62. The van der Waals surface area contributed by atoms with E-state index in [9.17, 15) is 19.2 Å². The molecule has 1 aliphatic rings. The molecule has 1 saturated heterocycles. The lowest BCUT2D eigenvalue weighted by Gasteiger charge is -2.31. The van der Waals surface area contributed by atoms with E-state index in [1.807, 2.05) is 30.3 Å². The van der Waals surface area contributed by atoms with Crippen molar-refractivity contribution in [2.75, 3.05) is 6.54 Å². The van der Waals surface area contributed by atoms with Gasteiger partial charge in [0.25, 0.3) is 5.91 Å². The minimum atomic E-state index is -0.883. The van der Waals surface area contributed by atoms with Crippen LogP contribution in [0.1, 0.15) is 22.3 Å². The predicted octanol–water partition coefficient (Wildman–Crippen LogP) is 2.25. The molecule has 25 heavy (non-hydrogen) atoms. The van der Waals surface area contributed by atoms with Crippen LogP contribution >= 0.6 is 0 Å². The smallest absolute Gasteiger partial charge is 0.274 e. The van der Waals surface area contributed by atoms with E-state index in [1.165, 1.54) is 12.1 Å². The van der Waals surface area contributed by atoms with Crippen LogP contribution in [0, 0.1) is 0 Å². The van der Waals surface area contributed by atoms with Crippen molar-refractivity contribution in [1.82, 2.24) is 9.80 Å². The molecule has 0 spiro atoms. The summed E-state index contributed by atoms with van der Waals surface area (Å²) in [5.74, 6) is -2.09. The minimum Gasteiger partial charge on any atom is -0.274 e. The fourth-order valence-corrected chi connectivity index (χ4v) is 2.65. The van der Waals surface area contributed by atoms with Crippen molar-refractivity contribution < 1.29 is 19.2 Å². The van der Waals surface area contributed by atoms with Crippen molar-refractivity contribution in [3.63, 3.8) is 0 Å². The second-order valence-corrected chi connectivity index (χ2v) is 5.64. The molecule has 2 aromatic carbocycles. The molecule has 2 aromatic rings. The number of hydrogen-bond donors (Lipinski definition) is 0. The number of carbonyl (C=O) groups excluding carboxylic acids is 4. The Morgan fingerprint density at radius 1 is 0.840 bits per heavy atom. The highest BCUT2D eigenvalue weighted by Crippen LogP contribution is 2.17. The first kappa shape index (κ1) is 16.6. The largest absolute Gasteiger partial charge is 0.340 e. The van der Waals surface area contributed by atoms with E-state index in [1.54, 1.807) is 18.2 Å². The number of rotatable bonds is 4. The van der Waals surface area contributed by atoms with Gasteiger partial charge in [-0.05, 0) is 24.1 Å². The van der Waals surface area contributed by atoms with Crippen LogP contribution in [-0.4, -0.2) is 40.1 Å². The standard InChI is InChI=1S/C19H16N2O4/c22-16-13-17(23)21(18(24)15-9-5-2-6-10-15)19(25)20(16)12-11-14-7-3-1-4-8-14/h1-10H,11-13H2. The van der Waals surface area contributed by atoms with Gasteiger partial charge in [0.1, 0.15) is 6.42 Å². The normalized spacial score (nSPS) is 14.8. The van der Waals surface area contributed by atoms with Gasteiger partial charge in [-0.3, -0.25) is 19.3 Å². The summed E-state index contributed by atoms with van der Waals surface area (Å²) < 4.78 is 0. The summed E-state index contributed by atoms with van der Waals surface area (Å²) in [6.45, 7) is 0.119. The third-order valence-corrected chi connectivity index (χ3v) is 3.97. The lowest BCUT2D eigenvalue weighted by atomic mass is 10.1. The Morgan fingerprint density at radius 2 is 1.44 bits per heavy atom. The summed E-state index contributed by atoms with van der Waals surface area (Å²) in [5, 5.41) is 0. The maximum atomic E-state index is 12.6. The Labute approximate surface area is 144 Å². The third kappa shape index (κ3) is 3.47. The zero-order chi connectivity index (χ0) is 17.8. The van der Waals surface area contributed by atoms with Crippen molar-refractivity contribution in [3.8, 4) is 0 Å². The topological polar surface area (TPSA) is 74.8 Å². The second-order valence-electron chi connectivity index (χ2n) is 5.64. The van der Waals surface area contributed by atoms with Crippen LogP contribution in [0.3, 0.4) is 0 Å². The summed E-state index contributed by atoms with van der Waals surface area (Å²) >= 11 is 0. The molecule has 0 saturated carbocycles. The summed E-state index contributed by atoms with van der Waals surface area (Å²) in [6, 6.07) is 16.6. The van der Waals surface area contributed by atoms with Crippen LogP contribution in [0.4, 0.5) is 4.79 Å². The molecule has 0 aliphatic carbocycles. The van der Waals surface area contributed by atoms with Gasteiger partial charge in [0.2, 0.25) is 11.8 Å². The Kier molecular flexibility index (Phi) is 4.70. The van der Waals surface area contributed by atoms with Gasteiger partial charge in [-0.1, -0.05) is 48.5 Å². The molecule has 0 bridgehead atoms. The van der Waals surface area contributed by atoms with E-state index >= 15 is 0 Å². The monoisotopic (exact) mass is 336 g/mol. The number of amides is 5. The van der Waals surface area contributed by atoms with Gasteiger partial charge in [0.05, 0.1) is 0 Å². The number of urea groups is 1. The molecule has 0 atom stereocenters. The van der Waals surface area contributed by atoms with E-state index in [0.29, 0.717) is 11.3 Å². The summed E-state index contributed by atoms with van der Waals surface area (Å²) in [4.78, 5) is 50.8. The van der Waals surface area contributed by atoms with Crippen LogP contribution in [0.5, 0.6) is 0 Å². The van der Waals surface area contributed by atoms with Crippen molar-refractivity contribution in [3.05, 3.63) is 71.8 Å². The van der Waals surface area contributed by atoms with Gasteiger partial charge in [-0.2, -0.15) is 4.90 Å². The van der Waals surface area contributed by atoms with Crippen LogP contribution in [0.15, 0.2) is 60.7 Å². The first-order valence-corrected chi connectivity index (χ1v) is 7.88. The van der Waals surface area contributed by atoms with Gasteiger partial charge in [-0.25, -0.2) is 4.79 Å². The van der Waals surface area contributed by atoms with Crippen LogP contribution in [0.2, 0.25) is 0 Å². The summed E-state index contributed by atoms with van der Waals surface area (Å²) in [6.07, 6.45) is -0.0288. The van der Waals surface area contributed by atoms with E-state index in [0.717, 1.165) is 10.5 Å². The maximum absolute atomic E-state index is 12.6. The molecular formula is C19H16N2O4. The molecule has 0 radical (unpaired) electrons. The quantitative estimate of drug-likeness (QED) is 0.634. The number of nitrogens with zero attached hydrogens (tertiary/aromatic N) is 2. The molecule has 6 nitrogen and oxygen atoms in total. The lowest BCUT2D eigenvalue weighted by Crippen LogP contribution is -2.57. The molecule has 6 heteroatoms. The Hall–Kier alpha value is -3.28. The van der Waals surface area contributed by atoms with Crippen LogP contribution in [-0.2, 0) is 16.0 Å². The number of barbiturate groups is 1. The molecule has 3 rings (SSSR count). The van der Waals surface area contributed by atoms with Crippen molar-refractivity contribution in [1.29, 1.82) is 0 Å². The Morgan fingerprint density at radius 3 is 2.08 bits per heavy atom. The summed E-state index contributed by atoms with van der Waals surface area (Å²) in [5.41, 5.74) is 1.18. The minimum absolute atomic E-state index is 0.119. The first-order chi connectivity index (χ1) is 12.1. The number of hydrogen-bond acceptors (Lipinski definition) is 4. The van der Waals surface area contributed by atoms with Gasteiger partial charge < -0.3 is 0 Å². The molecule has 1 heterocycles. The maximum Gasteiger partial charge on any atom is 0.340 e. The lowest BCUT2D eigenvalue weighted by molar-refractivity contribution is -0.140. The molecule has 126 valence electrons. The second kappa shape index (κ2) is 7.09. The van der Waals surface area contributed by atoms with Crippen molar-refractivity contribution in [2.24, 2.45) is 0 Å². The first-order valence-electron chi connectivity index (χ1n) is 7.88. The van der Waals surface area contributed by atoms with Crippen LogP contribution < -0.4 is 0 Å². The van der Waals surface area contributed by atoms with Gasteiger partial charge in [0, 0.05) is 12.1 Å². The molecule has 0 N–H and O–H groups in total. The molecular weight excluding hydrogens is 320 g/mol. The predicted molar refractivity (Wildman–Crippen MR) is 89.5 cm³/mol. The SMILES string of the molecule is O=C1CC(=O)N(C(=O)c2ccccc2)C(=O)N1CCc1ccccc1. The van der Waals surface area contributed by atoms with Crippen molar-refractivity contribution >= 4 is 23.8 Å². The average molecular weight is 336 g/mol. The van der Waals surface area contributed by atoms with Gasteiger partial charge in [-0.15, -0.1) is 0 Å². The third-order valence-electron chi connectivity index (χ3n) is 3.97. The van der Waals surface area contributed by atoms with Crippen LogP contribution in [0.25, 0.3) is 0 Å². The van der Waals surface area contributed by atoms with E-state index < -0.39 is 30.2 Å². The molecule has 0 unspecified atom stereocenters. The zero-order valence-corrected chi connectivity index (χ0v) is 13.4.